The Morgan fingerprint density at radius 1 is 1.50 bits per heavy atom. The molecule has 1 aromatic rings. The van der Waals surface area contributed by atoms with Crippen molar-refractivity contribution in [1.82, 2.24) is 10.2 Å². The van der Waals surface area contributed by atoms with Crippen LogP contribution in [0, 0.1) is 5.92 Å². The predicted octanol–water partition coefficient (Wildman–Crippen LogP) is 3.08. The lowest BCUT2D eigenvalue weighted by atomic mass is 10.1. The molecule has 1 aromatic carbocycles. The molecule has 1 unspecified atom stereocenters. The number of hydrogen-bond donors (Lipinski definition) is 1. The van der Waals surface area contributed by atoms with Crippen molar-refractivity contribution >= 4 is 17.6 Å². The molecule has 1 aliphatic rings. The number of hydrogen-bond acceptors (Lipinski definition) is 2. The summed E-state index contributed by atoms with van der Waals surface area (Å²) in [6, 6.07) is 7.59. The second kappa shape index (κ2) is 6.95. The van der Waals surface area contributed by atoms with Gasteiger partial charge >= 0.3 is 6.03 Å². The van der Waals surface area contributed by atoms with E-state index in [9.17, 15) is 4.79 Å². The Morgan fingerprint density at radius 3 is 2.95 bits per heavy atom. The van der Waals surface area contributed by atoms with Gasteiger partial charge in [0.2, 0.25) is 0 Å². The minimum atomic E-state index is -0.151. The van der Waals surface area contributed by atoms with Crippen LogP contribution in [0.1, 0.15) is 25.5 Å². The topological polar surface area (TPSA) is 41.6 Å². The van der Waals surface area contributed by atoms with Gasteiger partial charge in [-0.1, -0.05) is 43.6 Å². The van der Waals surface area contributed by atoms with E-state index in [0.29, 0.717) is 37.2 Å². The standard InChI is InChI=1S/C15H21ClN2O2/c1-11(2)9-17-15(19)18-7-8-20-14(10-18)12-5-3-4-6-13(12)16/h3-6,11,14H,7-10H2,1-2H3,(H,17,19). The number of amides is 2. The molecule has 0 spiro atoms. The van der Waals surface area contributed by atoms with Crippen LogP contribution in [0.15, 0.2) is 24.3 Å². The van der Waals surface area contributed by atoms with Gasteiger partial charge in [0.05, 0.1) is 13.2 Å². The summed E-state index contributed by atoms with van der Waals surface area (Å²) in [7, 11) is 0. The van der Waals surface area contributed by atoms with E-state index in [1.54, 1.807) is 4.90 Å². The molecule has 1 atom stereocenters. The highest BCUT2D eigenvalue weighted by molar-refractivity contribution is 6.31. The van der Waals surface area contributed by atoms with Crippen LogP contribution in [0.3, 0.4) is 0 Å². The number of urea groups is 1. The molecule has 4 nitrogen and oxygen atoms in total. The molecule has 0 aromatic heterocycles. The Balaban J connectivity index is 1.98. The molecule has 0 radical (unpaired) electrons. The van der Waals surface area contributed by atoms with Gasteiger partial charge in [-0.05, 0) is 12.0 Å². The Hall–Kier alpha value is -1.26. The number of nitrogens with one attached hydrogen (secondary N) is 1. The summed E-state index contributed by atoms with van der Waals surface area (Å²) in [6.45, 7) is 6.52. The molecule has 2 amide bonds. The fraction of sp³-hybridized carbons (Fsp3) is 0.533. The number of carbonyl (C=O) groups is 1. The summed E-state index contributed by atoms with van der Waals surface area (Å²) in [5, 5.41) is 3.62. The number of benzene rings is 1. The fourth-order valence-electron chi connectivity index (χ4n) is 2.16. The summed E-state index contributed by atoms with van der Waals surface area (Å²) >= 11 is 6.19. The summed E-state index contributed by atoms with van der Waals surface area (Å²) < 4.78 is 5.74. The lowest BCUT2D eigenvalue weighted by Gasteiger charge is -2.33. The first-order valence-corrected chi connectivity index (χ1v) is 7.34. The van der Waals surface area contributed by atoms with Crippen molar-refractivity contribution < 1.29 is 9.53 Å². The SMILES string of the molecule is CC(C)CNC(=O)N1CCOC(c2ccccc2Cl)C1. The number of nitrogens with zero attached hydrogens (tertiary/aromatic N) is 1. The maximum atomic E-state index is 12.1. The van der Waals surface area contributed by atoms with Gasteiger partial charge in [0.25, 0.3) is 0 Å². The first-order valence-electron chi connectivity index (χ1n) is 6.96. The predicted molar refractivity (Wildman–Crippen MR) is 80.0 cm³/mol. The highest BCUT2D eigenvalue weighted by atomic mass is 35.5. The highest BCUT2D eigenvalue weighted by Crippen LogP contribution is 2.28. The molecule has 1 saturated heterocycles. The van der Waals surface area contributed by atoms with E-state index in [4.69, 9.17) is 16.3 Å². The van der Waals surface area contributed by atoms with Crippen LogP contribution in [0.2, 0.25) is 5.02 Å². The first-order chi connectivity index (χ1) is 9.58. The Kier molecular flexibility index (Phi) is 5.26. The van der Waals surface area contributed by atoms with E-state index in [1.165, 1.54) is 0 Å². The number of halogens is 1. The molecule has 20 heavy (non-hydrogen) atoms. The van der Waals surface area contributed by atoms with Crippen molar-refractivity contribution in [2.75, 3.05) is 26.2 Å². The molecule has 0 saturated carbocycles. The van der Waals surface area contributed by atoms with Crippen LogP contribution in [0.25, 0.3) is 0 Å². The van der Waals surface area contributed by atoms with E-state index in [-0.39, 0.29) is 12.1 Å². The zero-order valence-electron chi connectivity index (χ0n) is 11.9. The number of ether oxygens (including phenoxy) is 1. The van der Waals surface area contributed by atoms with Gasteiger partial charge < -0.3 is 15.0 Å². The van der Waals surface area contributed by atoms with E-state index >= 15 is 0 Å². The third-order valence-electron chi connectivity index (χ3n) is 3.27. The highest BCUT2D eigenvalue weighted by Gasteiger charge is 2.26. The monoisotopic (exact) mass is 296 g/mol. The van der Waals surface area contributed by atoms with E-state index < -0.39 is 0 Å². The maximum absolute atomic E-state index is 12.1. The molecule has 1 N–H and O–H groups in total. The van der Waals surface area contributed by atoms with Gasteiger partial charge in [-0.2, -0.15) is 0 Å². The molecule has 1 aliphatic heterocycles. The average Bonchev–Trinajstić information content (AvgIpc) is 2.45. The smallest absolute Gasteiger partial charge is 0.317 e. The van der Waals surface area contributed by atoms with Gasteiger partial charge in [0, 0.05) is 23.7 Å². The molecular formula is C15H21ClN2O2. The summed E-state index contributed by atoms with van der Waals surface area (Å²) in [4.78, 5) is 13.9. The van der Waals surface area contributed by atoms with Gasteiger partial charge in [0.1, 0.15) is 6.10 Å². The zero-order valence-corrected chi connectivity index (χ0v) is 12.7. The van der Waals surface area contributed by atoms with Gasteiger partial charge in [0.15, 0.2) is 0 Å². The van der Waals surface area contributed by atoms with Gasteiger partial charge in [-0.15, -0.1) is 0 Å². The molecule has 1 heterocycles. The van der Waals surface area contributed by atoms with Crippen molar-refractivity contribution in [3.05, 3.63) is 34.9 Å². The molecule has 1 fully saturated rings. The van der Waals surface area contributed by atoms with Crippen molar-refractivity contribution in [3.8, 4) is 0 Å². The van der Waals surface area contributed by atoms with Crippen molar-refractivity contribution in [1.29, 1.82) is 0 Å². The summed E-state index contributed by atoms with van der Waals surface area (Å²) in [5.74, 6) is 0.444. The zero-order chi connectivity index (χ0) is 14.5. The van der Waals surface area contributed by atoms with Gasteiger partial charge in [-0.25, -0.2) is 4.79 Å². The third-order valence-corrected chi connectivity index (χ3v) is 3.61. The van der Waals surface area contributed by atoms with E-state index in [2.05, 4.69) is 19.2 Å². The molecular weight excluding hydrogens is 276 g/mol. The second-order valence-electron chi connectivity index (χ2n) is 5.41. The van der Waals surface area contributed by atoms with Crippen LogP contribution >= 0.6 is 11.6 Å². The van der Waals surface area contributed by atoms with Crippen molar-refractivity contribution in [3.63, 3.8) is 0 Å². The molecule has 2 rings (SSSR count). The molecule has 0 bridgehead atoms. The van der Waals surface area contributed by atoms with Crippen LogP contribution in [0.4, 0.5) is 4.79 Å². The van der Waals surface area contributed by atoms with Gasteiger partial charge in [-0.3, -0.25) is 0 Å². The molecule has 5 heteroatoms. The quantitative estimate of drug-likeness (QED) is 0.931. The van der Waals surface area contributed by atoms with Crippen LogP contribution in [0.5, 0.6) is 0 Å². The van der Waals surface area contributed by atoms with E-state index in [1.807, 2.05) is 24.3 Å². The van der Waals surface area contributed by atoms with Crippen molar-refractivity contribution in [2.24, 2.45) is 5.92 Å². The Bertz CT molecular complexity index is 465. The number of rotatable bonds is 3. The molecule has 0 aliphatic carbocycles. The van der Waals surface area contributed by atoms with Crippen LogP contribution in [-0.4, -0.2) is 37.2 Å². The van der Waals surface area contributed by atoms with E-state index in [0.717, 1.165) is 5.56 Å². The average molecular weight is 297 g/mol. The maximum Gasteiger partial charge on any atom is 0.317 e. The normalized spacial score (nSPS) is 19.2. The lowest BCUT2D eigenvalue weighted by Crippen LogP contribution is -2.47. The molecule has 110 valence electrons. The van der Waals surface area contributed by atoms with Crippen LogP contribution < -0.4 is 5.32 Å². The van der Waals surface area contributed by atoms with Crippen molar-refractivity contribution in [2.45, 2.75) is 20.0 Å². The summed E-state index contributed by atoms with van der Waals surface area (Å²) in [5.41, 5.74) is 0.940. The minimum Gasteiger partial charge on any atom is -0.370 e. The van der Waals surface area contributed by atoms with Crippen LogP contribution in [-0.2, 0) is 4.74 Å². The fourth-order valence-corrected chi connectivity index (χ4v) is 2.42. The first kappa shape index (κ1) is 15.1. The Labute approximate surface area is 125 Å². The Morgan fingerprint density at radius 2 is 2.25 bits per heavy atom. The number of carbonyl (C=O) groups excluding carboxylic acids is 1. The lowest BCUT2D eigenvalue weighted by molar-refractivity contribution is -0.0154. The number of morpholine rings is 1. The minimum absolute atomic E-state index is 0.0287. The second-order valence-corrected chi connectivity index (χ2v) is 5.81. The largest absolute Gasteiger partial charge is 0.370 e. The summed E-state index contributed by atoms with van der Waals surface area (Å²) in [6.07, 6.45) is -0.151. The third kappa shape index (κ3) is 3.87.